The Bertz CT molecular complexity index is 390. The van der Waals surface area contributed by atoms with Crippen LogP contribution < -0.4 is 5.32 Å². The topological polar surface area (TPSA) is 12.0 Å². The molecule has 1 atom stereocenters. The highest BCUT2D eigenvalue weighted by Crippen LogP contribution is 2.26. The first-order valence-corrected chi connectivity index (χ1v) is 6.31. The largest absolute Gasteiger partial charge is 0.300 e. The van der Waals surface area contributed by atoms with E-state index in [0.29, 0.717) is 6.04 Å². The molecule has 0 bridgehead atoms. The van der Waals surface area contributed by atoms with Gasteiger partial charge >= 0.3 is 0 Å². The number of hydrogen-bond acceptors (Lipinski definition) is 1. The van der Waals surface area contributed by atoms with Gasteiger partial charge in [0.1, 0.15) is 0 Å². The van der Waals surface area contributed by atoms with E-state index in [1.54, 1.807) is 0 Å². The molecule has 1 aromatic carbocycles. The molecule has 0 aromatic heterocycles. The van der Waals surface area contributed by atoms with Crippen molar-refractivity contribution in [3.63, 3.8) is 0 Å². The van der Waals surface area contributed by atoms with E-state index < -0.39 is 0 Å². The van der Waals surface area contributed by atoms with E-state index in [1.807, 2.05) is 13.0 Å². The van der Waals surface area contributed by atoms with E-state index in [1.165, 1.54) is 5.56 Å². The molecule has 80 valence electrons. The van der Waals surface area contributed by atoms with Crippen molar-refractivity contribution in [2.45, 2.75) is 19.9 Å². The Morgan fingerprint density at radius 1 is 1.40 bits per heavy atom. The molecule has 0 radical (unpaired) electrons. The van der Waals surface area contributed by atoms with Gasteiger partial charge in [0.15, 0.2) is 0 Å². The third-order valence-electron chi connectivity index (χ3n) is 2.10. The van der Waals surface area contributed by atoms with Crippen LogP contribution in [0.4, 0.5) is 0 Å². The molecule has 1 nitrogen and oxygen atoms in total. The Morgan fingerprint density at radius 3 is 2.73 bits per heavy atom. The fourth-order valence-corrected chi connectivity index (χ4v) is 2.65. The van der Waals surface area contributed by atoms with Gasteiger partial charge in [-0.25, -0.2) is 0 Å². The monoisotopic (exact) mass is 329 g/mol. The van der Waals surface area contributed by atoms with Crippen molar-refractivity contribution in [3.8, 4) is 11.8 Å². The lowest BCUT2D eigenvalue weighted by molar-refractivity contribution is 0.620. The molecule has 0 spiro atoms. The van der Waals surface area contributed by atoms with E-state index >= 15 is 0 Å². The molecule has 0 saturated heterocycles. The highest BCUT2D eigenvalue weighted by atomic mass is 79.9. The quantitative estimate of drug-likeness (QED) is 0.829. The number of halogens is 2. The SMILES string of the molecule is CC#CCNC(C)c1ccc(Br)cc1Br. The fraction of sp³-hybridized carbons (Fsp3) is 0.333. The van der Waals surface area contributed by atoms with Gasteiger partial charge < -0.3 is 0 Å². The molecule has 0 aliphatic rings. The molecule has 0 aliphatic carbocycles. The second-order valence-corrected chi connectivity index (χ2v) is 4.97. The Morgan fingerprint density at radius 2 is 2.13 bits per heavy atom. The maximum Gasteiger partial charge on any atom is 0.0581 e. The van der Waals surface area contributed by atoms with Crippen LogP contribution in [0.5, 0.6) is 0 Å². The van der Waals surface area contributed by atoms with Crippen molar-refractivity contribution < 1.29 is 0 Å². The van der Waals surface area contributed by atoms with Crippen LogP contribution in [0, 0.1) is 11.8 Å². The lowest BCUT2D eigenvalue weighted by Gasteiger charge is -2.14. The molecular weight excluding hydrogens is 318 g/mol. The summed E-state index contributed by atoms with van der Waals surface area (Å²) in [6.07, 6.45) is 0. The summed E-state index contributed by atoms with van der Waals surface area (Å²) in [5.41, 5.74) is 1.25. The van der Waals surface area contributed by atoms with Gasteiger partial charge in [-0.1, -0.05) is 43.8 Å². The molecule has 1 aromatic rings. The van der Waals surface area contributed by atoms with E-state index in [0.717, 1.165) is 15.5 Å². The van der Waals surface area contributed by atoms with Crippen LogP contribution in [0.3, 0.4) is 0 Å². The van der Waals surface area contributed by atoms with Gasteiger partial charge in [0.2, 0.25) is 0 Å². The van der Waals surface area contributed by atoms with Crippen molar-refractivity contribution in [1.82, 2.24) is 5.32 Å². The van der Waals surface area contributed by atoms with Crippen LogP contribution in [0.2, 0.25) is 0 Å². The number of rotatable bonds is 3. The standard InChI is InChI=1S/C12H13Br2N/c1-3-4-7-15-9(2)11-6-5-10(13)8-12(11)14/h5-6,8-9,15H,7H2,1-2H3. The van der Waals surface area contributed by atoms with Crippen LogP contribution in [0.15, 0.2) is 27.1 Å². The minimum atomic E-state index is 0.299. The molecule has 0 heterocycles. The summed E-state index contributed by atoms with van der Waals surface area (Å²) in [6.45, 7) is 4.70. The van der Waals surface area contributed by atoms with Gasteiger partial charge in [0, 0.05) is 15.0 Å². The molecule has 0 saturated carbocycles. The second kappa shape index (κ2) is 6.32. The highest BCUT2D eigenvalue weighted by molar-refractivity contribution is 9.11. The first kappa shape index (κ1) is 12.8. The molecule has 0 amide bonds. The molecule has 1 unspecified atom stereocenters. The Balaban J connectivity index is 2.71. The third-order valence-corrected chi connectivity index (χ3v) is 3.28. The lowest BCUT2D eigenvalue weighted by atomic mass is 10.1. The van der Waals surface area contributed by atoms with Crippen LogP contribution in [-0.2, 0) is 0 Å². The second-order valence-electron chi connectivity index (χ2n) is 3.20. The zero-order chi connectivity index (χ0) is 11.3. The molecular formula is C12H13Br2N. The fourth-order valence-electron chi connectivity index (χ4n) is 1.26. The van der Waals surface area contributed by atoms with Crippen molar-refractivity contribution in [3.05, 3.63) is 32.7 Å². The third kappa shape index (κ3) is 3.98. The maximum atomic E-state index is 3.55. The molecule has 0 fully saturated rings. The summed E-state index contributed by atoms with van der Waals surface area (Å²) in [5, 5.41) is 3.34. The first-order valence-electron chi connectivity index (χ1n) is 4.73. The normalized spacial score (nSPS) is 11.7. The van der Waals surface area contributed by atoms with Gasteiger partial charge in [0.05, 0.1) is 6.54 Å². The average Bonchev–Trinajstić information content (AvgIpc) is 2.17. The van der Waals surface area contributed by atoms with E-state index in [4.69, 9.17) is 0 Å². The molecule has 0 aliphatic heterocycles. The summed E-state index contributed by atoms with van der Waals surface area (Å²) in [5.74, 6) is 5.86. The van der Waals surface area contributed by atoms with Crippen molar-refractivity contribution >= 4 is 31.9 Å². The number of nitrogens with one attached hydrogen (secondary N) is 1. The van der Waals surface area contributed by atoms with Crippen LogP contribution in [0.25, 0.3) is 0 Å². The van der Waals surface area contributed by atoms with Gasteiger partial charge in [-0.15, -0.1) is 5.92 Å². The molecule has 15 heavy (non-hydrogen) atoms. The summed E-state index contributed by atoms with van der Waals surface area (Å²) >= 11 is 6.99. The minimum Gasteiger partial charge on any atom is -0.300 e. The van der Waals surface area contributed by atoms with E-state index in [2.05, 4.69) is 68.1 Å². The summed E-state index contributed by atoms with van der Waals surface area (Å²) < 4.78 is 2.19. The number of hydrogen-bond donors (Lipinski definition) is 1. The zero-order valence-corrected chi connectivity index (χ0v) is 11.9. The molecule has 1 rings (SSSR count). The van der Waals surface area contributed by atoms with E-state index in [-0.39, 0.29) is 0 Å². The lowest BCUT2D eigenvalue weighted by Crippen LogP contribution is -2.19. The van der Waals surface area contributed by atoms with Crippen molar-refractivity contribution in [2.24, 2.45) is 0 Å². The summed E-state index contributed by atoms with van der Waals surface area (Å²) in [4.78, 5) is 0. The van der Waals surface area contributed by atoms with Crippen LogP contribution in [-0.4, -0.2) is 6.54 Å². The Kier molecular flexibility index (Phi) is 5.38. The van der Waals surface area contributed by atoms with Crippen molar-refractivity contribution in [1.29, 1.82) is 0 Å². The Labute approximate surface area is 108 Å². The number of benzene rings is 1. The predicted molar refractivity (Wildman–Crippen MR) is 71.7 cm³/mol. The maximum absolute atomic E-state index is 3.55. The molecule has 1 N–H and O–H groups in total. The van der Waals surface area contributed by atoms with Gasteiger partial charge in [-0.05, 0) is 31.5 Å². The summed E-state index contributed by atoms with van der Waals surface area (Å²) in [6, 6.07) is 6.50. The molecule has 3 heteroatoms. The van der Waals surface area contributed by atoms with Crippen LogP contribution in [0.1, 0.15) is 25.5 Å². The zero-order valence-electron chi connectivity index (χ0n) is 8.77. The minimum absolute atomic E-state index is 0.299. The van der Waals surface area contributed by atoms with Gasteiger partial charge in [-0.2, -0.15) is 0 Å². The smallest absolute Gasteiger partial charge is 0.0581 e. The van der Waals surface area contributed by atoms with Crippen molar-refractivity contribution in [2.75, 3.05) is 6.54 Å². The average molecular weight is 331 g/mol. The van der Waals surface area contributed by atoms with Gasteiger partial charge in [0.25, 0.3) is 0 Å². The van der Waals surface area contributed by atoms with Gasteiger partial charge in [-0.3, -0.25) is 5.32 Å². The predicted octanol–water partition coefficient (Wildman–Crippen LogP) is 3.89. The summed E-state index contributed by atoms with van der Waals surface area (Å²) in [7, 11) is 0. The Hall–Kier alpha value is -0.300. The highest BCUT2D eigenvalue weighted by Gasteiger charge is 2.07. The van der Waals surface area contributed by atoms with Crippen LogP contribution >= 0.6 is 31.9 Å². The van der Waals surface area contributed by atoms with E-state index in [9.17, 15) is 0 Å². The first-order chi connectivity index (χ1) is 7.15.